The Morgan fingerprint density at radius 2 is 2.00 bits per heavy atom. The summed E-state index contributed by atoms with van der Waals surface area (Å²) in [6.07, 6.45) is 1.28. The standard InChI is InChI=1S/C13H15ClO2/c1-3-9(2)8-12(13(15)16)10-4-6-11(14)7-5-10/h4-7,12H,2-3,8H2,1H3,(H,15,16). The fourth-order valence-electron chi connectivity index (χ4n) is 1.48. The summed E-state index contributed by atoms with van der Waals surface area (Å²) >= 11 is 5.76. The van der Waals surface area contributed by atoms with Crippen molar-refractivity contribution in [2.75, 3.05) is 0 Å². The van der Waals surface area contributed by atoms with Gasteiger partial charge in [0.25, 0.3) is 0 Å². The lowest BCUT2D eigenvalue weighted by molar-refractivity contribution is -0.138. The summed E-state index contributed by atoms with van der Waals surface area (Å²) < 4.78 is 0. The SMILES string of the molecule is C=C(CC)CC(C(=O)O)c1ccc(Cl)cc1. The van der Waals surface area contributed by atoms with E-state index in [4.69, 9.17) is 16.7 Å². The first-order valence-corrected chi connectivity index (χ1v) is 5.57. The zero-order valence-electron chi connectivity index (χ0n) is 9.24. The van der Waals surface area contributed by atoms with Crippen molar-refractivity contribution < 1.29 is 9.90 Å². The van der Waals surface area contributed by atoms with E-state index in [2.05, 4.69) is 6.58 Å². The van der Waals surface area contributed by atoms with Gasteiger partial charge in [0.2, 0.25) is 0 Å². The molecular weight excluding hydrogens is 224 g/mol. The number of carboxylic acids is 1. The average Bonchev–Trinajstić information content (AvgIpc) is 2.26. The van der Waals surface area contributed by atoms with Crippen molar-refractivity contribution in [1.82, 2.24) is 0 Å². The van der Waals surface area contributed by atoms with Crippen LogP contribution in [0.3, 0.4) is 0 Å². The first-order chi connectivity index (χ1) is 7.54. The van der Waals surface area contributed by atoms with E-state index in [1.807, 2.05) is 6.92 Å². The van der Waals surface area contributed by atoms with Gasteiger partial charge in [-0.3, -0.25) is 4.79 Å². The van der Waals surface area contributed by atoms with Crippen LogP contribution in [0.5, 0.6) is 0 Å². The second-order valence-electron chi connectivity index (χ2n) is 3.75. The molecule has 1 unspecified atom stereocenters. The van der Waals surface area contributed by atoms with Crippen LogP contribution in [-0.4, -0.2) is 11.1 Å². The quantitative estimate of drug-likeness (QED) is 0.791. The van der Waals surface area contributed by atoms with E-state index in [9.17, 15) is 4.79 Å². The van der Waals surface area contributed by atoms with Gasteiger partial charge in [0.05, 0.1) is 5.92 Å². The topological polar surface area (TPSA) is 37.3 Å². The number of carboxylic acid groups (broad SMARTS) is 1. The molecule has 1 rings (SSSR count). The second kappa shape index (κ2) is 5.71. The molecule has 0 aliphatic rings. The van der Waals surface area contributed by atoms with Crippen LogP contribution in [0, 0.1) is 0 Å². The first kappa shape index (κ1) is 12.8. The normalized spacial score (nSPS) is 12.1. The Labute approximate surface area is 101 Å². The number of halogens is 1. The molecule has 0 radical (unpaired) electrons. The van der Waals surface area contributed by atoms with Gasteiger partial charge in [0, 0.05) is 5.02 Å². The monoisotopic (exact) mass is 238 g/mol. The Balaban J connectivity index is 2.89. The Kier molecular flexibility index (Phi) is 4.56. The summed E-state index contributed by atoms with van der Waals surface area (Å²) in [7, 11) is 0. The molecule has 1 atom stereocenters. The van der Waals surface area contributed by atoms with Gasteiger partial charge in [-0.2, -0.15) is 0 Å². The predicted molar refractivity (Wildman–Crippen MR) is 65.9 cm³/mol. The van der Waals surface area contributed by atoms with E-state index in [0.717, 1.165) is 17.6 Å². The fourth-order valence-corrected chi connectivity index (χ4v) is 1.60. The van der Waals surface area contributed by atoms with Crippen molar-refractivity contribution >= 4 is 17.6 Å². The fraction of sp³-hybridized carbons (Fsp3) is 0.308. The molecule has 0 aliphatic heterocycles. The Morgan fingerprint density at radius 1 is 1.44 bits per heavy atom. The number of carbonyl (C=O) groups is 1. The second-order valence-corrected chi connectivity index (χ2v) is 4.19. The average molecular weight is 239 g/mol. The Bertz CT molecular complexity index is 381. The third-order valence-electron chi connectivity index (χ3n) is 2.56. The van der Waals surface area contributed by atoms with Gasteiger partial charge in [0.15, 0.2) is 0 Å². The van der Waals surface area contributed by atoms with Crippen LogP contribution in [0.2, 0.25) is 5.02 Å². The molecular formula is C13H15ClO2. The molecule has 16 heavy (non-hydrogen) atoms. The van der Waals surface area contributed by atoms with Gasteiger partial charge >= 0.3 is 5.97 Å². The molecule has 0 amide bonds. The zero-order chi connectivity index (χ0) is 12.1. The molecule has 1 N–H and O–H groups in total. The van der Waals surface area contributed by atoms with Gasteiger partial charge in [0.1, 0.15) is 0 Å². The maximum absolute atomic E-state index is 11.2. The highest BCUT2D eigenvalue weighted by Crippen LogP contribution is 2.25. The van der Waals surface area contributed by atoms with E-state index in [-0.39, 0.29) is 0 Å². The molecule has 0 saturated heterocycles. The molecule has 0 heterocycles. The highest BCUT2D eigenvalue weighted by Gasteiger charge is 2.20. The van der Waals surface area contributed by atoms with Crippen molar-refractivity contribution in [2.24, 2.45) is 0 Å². The summed E-state index contributed by atoms with van der Waals surface area (Å²) in [5.74, 6) is -1.35. The Morgan fingerprint density at radius 3 is 2.44 bits per heavy atom. The molecule has 86 valence electrons. The first-order valence-electron chi connectivity index (χ1n) is 5.19. The van der Waals surface area contributed by atoms with Crippen LogP contribution in [0.25, 0.3) is 0 Å². The lowest BCUT2D eigenvalue weighted by atomic mass is 9.92. The lowest BCUT2D eigenvalue weighted by Crippen LogP contribution is -2.12. The minimum atomic E-state index is -0.822. The van der Waals surface area contributed by atoms with E-state index >= 15 is 0 Å². The summed E-state index contributed by atoms with van der Waals surface area (Å²) in [6.45, 7) is 5.82. The molecule has 2 nitrogen and oxygen atoms in total. The molecule has 1 aromatic rings. The van der Waals surface area contributed by atoms with Crippen LogP contribution < -0.4 is 0 Å². The lowest BCUT2D eigenvalue weighted by Gasteiger charge is -2.13. The molecule has 0 aliphatic carbocycles. The minimum Gasteiger partial charge on any atom is -0.481 e. The van der Waals surface area contributed by atoms with Gasteiger partial charge in [-0.25, -0.2) is 0 Å². The van der Waals surface area contributed by atoms with Crippen molar-refractivity contribution in [1.29, 1.82) is 0 Å². The highest BCUT2D eigenvalue weighted by molar-refractivity contribution is 6.30. The van der Waals surface area contributed by atoms with Crippen molar-refractivity contribution in [2.45, 2.75) is 25.7 Å². The van der Waals surface area contributed by atoms with E-state index < -0.39 is 11.9 Å². The molecule has 0 spiro atoms. The maximum Gasteiger partial charge on any atom is 0.311 e. The number of aliphatic carboxylic acids is 1. The van der Waals surface area contributed by atoms with Gasteiger partial charge in [-0.15, -0.1) is 0 Å². The number of benzene rings is 1. The largest absolute Gasteiger partial charge is 0.481 e. The van der Waals surface area contributed by atoms with Crippen molar-refractivity contribution in [3.8, 4) is 0 Å². The third-order valence-corrected chi connectivity index (χ3v) is 2.82. The maximum atomic E-state index is 11.2. The zero-order valence-corrected chi connectivity index (χ0v) is 10.00. The predicted octanol–water partition coefficient (Wildman–Crippen LogP) is 3.86. The van der Waals surface area contributed by atoms with Crippen molar-refractivity contribution in [3.63, 3.8) is 0 Å². The number of rotatable bonds is 5. The molecule has 3 heteroatoms. The smallest absolute Gasteiger partial charge is 0.311 e. The van der Waals surface area contributed by atoms with E-state index in [0.29, 0.717) is 11.4 Å². The molecule has 1 aromatic carbocycles. The summed E-state index contributed by atoms with van der Waals surface area (Å²) in [5, 5.41) is 9.78. The van der Waals surface area contributed by atoms with E-state index in [1.54, 1.807) is 24.3 Å². The molecule has 0 fully saturated rings. The van der Waals surface area contributed by atoms with Crippen molar-refractivity contribution in [3.05, 3.63) is 47.0 Å². The molecule has 0 bridgehead atoms. The Hall–Kier alpha value is -1.28. The van der Waals surface area contributed by atoms with Crippen LogP contribution in [0.15, 0.2) is 36.4 Å². The number of allylic oxidation sites excluding steroid dienone is 1. The van der Waals surface area contributed by atoms with Crippen LogP contribution in [0.4, 0.5) is 0 Å². The number of hydrogen-bond donors (Lipinski definition) is 1. The molecule has 0 saturated carbocycles. The highest BCUT2D eigenvalue weighted by atomic mass is 35.5. The van der Waals surface area contributed by atoms with Gasteiger partial charge in [-0.1, -0.05) is 42.8 Å². The van der Waals surface area contributed by atoms with E-state index in [1.165, 1.54) is 0 Å². The van der Waals surface area contributed by atoms with Gasteiger partial charge in [-0.05, 0) is 30.5 Å². The summed E-state index contributed by atoms with van der Waals surface area (Å²) in [5.41, 5.74) is 1.72. The molecule has 0 aromatic heterocycles. The van der Waals surface area contributed by atoms with Gasteiger partial charge < -0.3 is 5.11 Å². The third kappa shape index (κ3) is 3.38. The minimum absolute atomic E-state index is 0.480. The number of hydrogen-bond acceptors (Lipinski definition) is 1. The van der Waals surface area contributed by atoms with Crippen LogP contribution in [0.1, 0.15) is 31.2 Å². The van der Waals surface area contributed by atoms with Crippen LogP contribution in [-0.2, 0) is 4.79 Å². The summed E-state index contributed by atoms with van der Waals surface area (Å²) in [4.78, 5) is 11.2. The summed E-state index contributed by atoms with van der Waals surface area (Å²) in [6, 6.07) is 6.93. The van der Waals surface area contributed by atoms with Crippen LogP contribution >= 0.6 is 11.6 Å².